The normalized spacial score (nSPS) is 12.4. The Morgan fingerprint density at radius 2 is 2.33 bits per heavy atom. The summed E-state index contributed by atoms with van der Waals surface area (Å²) < 4.78 is 6.69. The highest BCUT2D eigenvalue weighted by Crippen LogP contribution is 2.17. The zero-order valence-corrected chi connectivity index (χ0v) is 10.2. The Bertz CT molecular complexity index is 512. The minimum absolute atomic E-state index is 0.168. The van der Waals surface area contributed by atoms with Crippen LogP contribution in [0.3, 0.4) is 0 Å². The number of hydrogen-bond donors (Lipinski definition) is 2. The largest absolute Gasteiger partial charge is 0.481 e. The van der Waals surface area contributed by atoms with Crippen molar-refractivity contribution < 1.29 is 4.74 Å². The third kappa shape index (κ3) is 2.79. The van der Waals surface area contributed by atoms with Gasteiger partial charge in [0.1, 0.15) is 6.33 Å². The number of methoxy groups -OCH3 is 1. The molecule has 0 radical (unpaired) electrons. The molecule has 18 heavy (non-hydrogen) atoms. The lowest BCUT2D eigenvalue weighted by atomic mass is 10.1. The fraction of sp³-hybridized carbons (Fsp3) is 0.400. The predicted molar refractivity (Wildman–Crippen MR) is 63.4 cm³/mol. The Hall–Kier alpha value is -2.06. The van der Waals surface area contributed by atoms with Crippen LogP contribution < -0.4 is 16.0 Å². The van der Waals surface area contributed by atoms with E-state index >= 15 is 0 Å². The molecule has 1 unspecified atom stereocenters. The molecule has 0 spiro atoms. The van der Waals surface area contributed by atoms with Gasteiger partial charge in [-0.3, -0.25) is 16.0 Å². The number of hydrazine groups is 1. The van der Waals surface area contributed by atoms with Crippen molar-refractivity contribution >= 4 is 0 Å². The second kappa shape index (κ2) is 5.52. The molecule has 96 valence electrons. The number of aryl methyl sites for hydroxylation is 1. The van der Waals surface area contributed by atoms with Gasteiger partial charge in [0.05, 0.1) is 24.5 Å². The van der Waals surface area contributed by atoms with Gasteiger partial charge >= 0.3 is 0 Å². The second-order valence-electron chi connectivity index (χ2n) is 3.79. The molecular formula is C10H15N7O. The number of nitrogens with zero attached hydrogens (tertiary/aromatic N) is 5. The minimum Gasteiger partial charge on any atom is -0.481 e. The van der Waals surface area contributed by atoms with E-state index in [9.17, 15) is 0 Å². The molecule has 0 fully saturated rings. The molecule has 3 N–H and O–H groups in total. The number of nitrogens with one attached hydrogen (secondary N) is 1. The monoisotopic (exact) mass is 249 g/mol. The second-order valence-corrected chi connectivity index (χ2v) is 3.79. The lowest BCUT2D eigenvalue weighted by Crippen LogP contribution is -2.30. The maximum absolute atomic E-state index is 5.54. The molecule has 2 heterocycles. The van der Waals surface area contributed by atoms with E-state index in [2.05, 4.69) is 25.7 Å². The summed E-state index contributed by atoms with van der Waals surface area (Å²) >= 11 is 0. The average Bonchev–Trinajstić information content (AvgIpc) is 2.81. The van der Waals surface area contributed by atoms with Gasteiger partial charge in [-0.15, -0.1) is 5.10 Å². The van der Waals surface area contributed by atoms with E-state index in [4.69, 9.17) is 10.6 Å². The van der Waals surface area contributed by atoms with Gasteiger partial charge in [-0.2, -0.15) is 0 Å². The van der Waals surface area contributed by atoms with Gasteiger partial charge in [-0.25, -0.2) is 9.97 Å². The highest BCUT2D eigenvalue weighted by atomic mass is 16.5. The predicted octanol–water partition coefficient (Wildman–Crippen LogP) is -0.639. The van der Waals surface area contributed by atoms with Crippen LogP contribution in [0, 0.1) is 0 Å². The minimum atomic E-state index is -0.168. The maximum atomic E-state index is 5.54. The van der Waals surface area contributed by atoms with Crippen molar-refractivity contribution in [2.24, 2.45) is 12.9 Å². The number of rotatable bonds is 5. The quantitative estimate of drug-likeness (QED) is 0.536. The molecule has 8 heteroatoms. The van der Waals surface area contributed by atoms with Crippen LogP contribution in [0.15, 0.2) is 18.6 Å². The summed E-state index contributed by atoms with van der Waals surface area (Å²) in [6, 6.07) is 1.57. The molecule has 2 aromatic heterocycles. The molecule has 0 aliphatic rings. The van der Waals surface area contributed by atoms with Crippen LogP contribution in [0.25, 0.3) is 0 Å². The molecule has 2 aromatic rings. The topological polar surface area (TPSA) is 104 Å². The van der Waals surface area contributed by atoms with Crippen molar-refractivity contribution in [2.45, 2.75) is 12.5 Å². The van der Waals surface area contributed by atoms with E-state index < -0.39 is 0 Å². The summed E-state index contributed by atoms with van der Waals surface area (Å²) in [4.78, 5) is 8.12. The van der Waals surface area contributed by atoms with Gasteiger partial charge in [0.15, 0.2) is 0 Å². The first kappa shape index (κ1) is 12.4. The van der Waals surface area contributed by atoms with Gasteiger partial charge in [0.25, 0.3) is 0 Å². The lowest BCUT2D eigenvalue weighted by molar-refractivity contribution is 0.393. The van der Waals surface area contributed by atoms with Crippen molar-refractivity contribution in [2.75, 3.05) is 7.11 Å². The fourth-order valence-corrected chi connectivity index (χ4v) is 1.60. The van der Waals surface area contributed by atoms with Crippen LogP contribution in [-0.2, 0) is 13.5 Å². The lowest BCUT2D eigenvalue weighted by Gasteiger charge is -2.13. The van der Waals surface area contributed by atoms with Crippen molar-refractivity contribution in [3.8, 4) is 5.88 Å². The summed E-state index contributed by atoms with van der Waals surface area (Å²) in [5.41, 5.74) is 4.28. The third-order valence-corrected chi connectivity index (χ3v) is 2.49. The van der Waals surface area contributed by atoms with Crippen molar-refractivity contribution in [3.05, 3.63) is 30.0 Å². The summed E-state index contributed by atoms with van der Waals surface area (Å²) in [6.45, 7) is 0. The van der Waals surface area contributed by atoms with Crippen LogP contribution in [0.1, 0.15) is 17.4 Å². The average molecular weight is 249 g/mol. The molecule has 0 saturated carbocycles. The Labute approximate surface area is 104 Å². The van der Waals surface area contributed by atoms with Gasteiger partial charge in [0.2, 0.25) is 5.88 Å². The number of hydrogen-bond acceptors (Lipinski definition) is 7. The molecule has 0 aliphatic carbocycles. The molecule has 8 nitrogen and oxygen atoms in total. The highest BCUT2D eigenvalue weighted by Gasteiger charge is 2.15. The van der Waals surface area contributed by atoms with E-state index in [0.717, 1.165) is 11.4 Å². The Morgan fingerprint density at radius 1 is 1.50 bits per heavy atom. The third-order valence-electron chi connectivity index (χ3n) is 2.49. The summed E-state index contributed by atoms with van der Waals surface area (Å²) in [5.74, 6) is 6.04. The number of aromatic nitrogens is 5. The number of ether oxygens (including phenoxy) is 1. The van der Waals surface area contributed by atoms with E-state index in [1.165, 1.54) is 6.33 Å². The van der Waals surface area contributed by atoms with Crippen molar-refractivity contribution in [1.29, 1.82) is 0 Å². The number of nitrogens with two attached hydrogens (primary N) is 1. The summed E-state index contributed by atoms with van der Waals surface area (Å²) in [7, 11) is 3.37. The van der Waals surface area contributed by atoms with Gasteiger partial charge in [-0.1, -0.05) is 5.21 Å². The zero-order valence-electron chi connectivity index (χ0n) is 10.2. The first-order valence-electron chi connectivity index (χ1n) is 5.40. The summed E-state index contributed by atoms with van der Waals surface area (Å²) in [6.07, 6.45) is 3.86. The fourth-order valence-electron chi connectivity index (χ4n) is 1.60. The molecule has 0 bridgehead atoms. The molecule has 0 aromatic carbocycles. The maximum Gasteiger partial charge on any atom is 0.216 e. The SMILES string of the molecule is COc1cc(C(Cc2cn(C)nn2)NN)ncn1. The van der Waals surface area contributed by atoms with E-state index in [0.29, 0.717) is 12.3 Å². The Morgan fingerprint density at radius 3 is 2.94 bits per heavy atom. The Kier molecular flexibility index (Phi) is 3.80. The molecule has 2 rings (SSSR count). The van der Waals surface area contributed by atoms with Crippen LogP contribution in [-0.4, -0.2) is 32.1 Å². The molecule has 1 atom stereocenters. The van der Waals surface area contributed by atoms with E-state index in [1.807, 2.05) is 13.2 Å². The smallest absolute Gasteiger partial charge is 0.216 e. The Balaban J connectivity index is 2.17. The van der Waals surface area contributed by atoms with Crippen LogP contribution in [0.2, 0.25) is 0 Å². The van der Waals surface area contributed by atoms with Crippen molar-refractivity contribution in [3.63, 3.8) is 0 Å². The van der Waals surface area contributed by atoms with E-state index in [1.54, 1.807) is 17.9 Å². The first-order chi connectivity index (χ1) is 8.72. The zero-order chi connectivity index (χ0) is 13.0. The van der Waals surface area contributed by atoms with Crippen LogP contribution in [0.5, 0.6) is 5.88 Å². The van der Waals surface area contributed by atoms with Gasteiger partial charge in [0, 0.05) is 25.7 Å². The van der Waals surface area contributed by atoms with Crippen LogP contribution >= 0.6 is 0 Å². The summed E-state index contributed by atoms with van der Waals surface area (Å²) in [5, 5.41) is 7.89. The molecular weight excluding hydrogens is 234 g/mol. The van der Waals surface area contributed by atoms with Crippen LogP contribution in [0.4, 0.5) is 0 Å². The van der Waals surface area contributed by atoms with Crippen molar-refractivity contribution in [1.82, 2.24) is 30.4 Å². The first-order valence-corrected chi connectivity index (χ1v) is 5.40. The highest BCUT2D eigenvalue weighted by molar-refractivity contribution is 5.17. The van der Waals surface area contributed by atoms with Gasteiger partial charge < -0.3 is 4.74 Å². The standard InChI is InChI=1S/C10H15N7O/c1-17-5-7(15-16-17)3-9(14-11)8-4-10(18-2)13-6-12-8/h4-6,9,14H,3,11H2,1-2H3. The van der Waals surface area contributed by atoms with Gasteiger partial charge in [-0.05, 0) is 0 Å². The van der Waals surface area contributed by atoms with E-state index in [-0.39, 0.29) is 6.04 Å². The molecule has 0 amide bonds. The molecule has 0 aliphatic heterocycles. The molecule has 0 saturated heterocycles.